The van der Waals surface area contributed by atoms with Crippen molar-refractivity contribution in [2.45, 2.75) is 78.1 Å². The molecule has 0 radical (unpaired) electrons. The van der Waals surface area contributed by atoms with E-state index in [9.17, 15) is 4.79 Å². The van der Waals surface area contributed by atoms with Crippen LogP contribution in [-0.4, -0.2) is 18.4 Å². The Hall–Kier alpha value is -0.570. The van der Waals surface area contributed by atoms with Crippen LogP contribution in [0.2, 0.25) is 0 Å². The number of esters is 1. The summed E-state index contributed by atoms with van der Waals surface area (Å²) in [6, 6.07) is 0. The first kappa shape index (κ1) is 14.5. The average Bonchev–Trinajstić information content (AvgIpc) is 2.33. The van der Waals surface area contributed by atoms with Crippen molar-refractivity contribution in [3.05, 3.63) is 0 Å². The molecule has 0 N–H and O–H groups in total. The Balaban J connectivity index is 2.52. The zero-order valence-electron chi connectivity index (χ0n) is 11.4. The second kappa shape index (κ2) is 7.70. The van der Waals surface area contributed by atoms with Crippen LogP contribution in [0, 0.1) is 5.92 Å². The van der Waals surface area contributed by atoms with Crippen LogP contribution in [0.5, 0.6) is 0 Å². The summed E-state index contributed by atoms with van der Waals surface area (Å²) in [5.74, 6) is -0.111. The number of cyclic esters (lactones) is 1. The molecule has 17 heavy (non-hydrogen) atoms. The molecule has 0 amide bonds. The van der Waals surface area contributed by atoms with Gasteiger partial charge in [-0.1, -0.05) is 40.0 Å². The molecule has 1 rings (SSSR count). The minimum Gasteiger partial charge on any atom is -0.435 e. The zero-order chi connectivity index (χ0) is 12.7. The molecule has 1 heterocycles. The van der Waals surface area contributed by atoms with Crippen molar-refractivity contribution >= 4 is 5.97 Å². The van der Waals surface area contributed by atoms with Gasteiger partial charge in [-0.2, -0.15) is 0 Å². The average molecular weight is 242 g/mol. The maximum absolute atomic E-state index is 11.9. The number of carbonyl (C=O) groups is 1. The first-order valence-electron chi connectivity index (χ1n) is 7.08. The van der Waals surface area contributed by atoms with Crippen LogP contribution in [0.3, 0.4) is 0 Å². The van der Waals surface area contributed by atoms with Crippen LogP contribution in [0.15, 0.2) is 0 Å². The zero-order valence-corrected chi connectivity index (χ0v) is 11.4. The highest BCUT2D eigenvalue weighted by Crippen LogP contribution is 2.28. The van der Waals surface area contributed by atoms with Gasteiger partial charge in [0.1, 0.15) is 0 Å². The summed E-state index contributed by atoms with van der Waals surface area (Å²) in [5.41, 5.74) is 0. The van der Waals surface area contributed by atoms with E-state index in [1.54, 1.807) is 0 Å². The van der Waals surface area contributed by atoms with Crippen LogP contribution < -0.4 is 0 Å². The van der Waals surface area contributed by atoms with E-state index in [2.05, 4.69) is 13.8 Å². The number of hydrogen-bond donors (Lipinski definition) is 0. The Labute approximate surface area is 105 Å². The molecular weight excluding hydrogens is 216 g/mol. The molecule has 1 saturated heterocycles. The van der Waals surface area contributed by atoms with Gasteiger partial charge in [-0.25, -0.2) is 0 Å². The third-order valence-electron chi connectivity index (χ3n) is 3.40. The topological polar surface area (TPSA) is 35.5 Å². The largest absolute Gasteiger partial charge is 0.435 e. The second-order valence-corrected chi connectivity index (χ2v) is 4.84. The lowest BCUT2D eigenvalue weighted by atomic mass is 9.94. The first-order chi connectivity index (χ1) is 8.22. The molecule has 100 valence electrons. The molecule has 1 fully saturated rings. The van der Waals surface area contributed by atoms with Crippen LogP contribution in [0.1, 0.15) is 65.7 Å². The Bertz CT molecular complexity index is 228. The van der Waals surface area contributed by atoms with E-state index in [0.29, 0.717) is 0 Å². The molecule has 3 unspecified atom stereocenters. The fourth-order valence-corrected chi connectivity index (χ4v) is 2.29. The first-order valence-corrected chi connectivity index (χ1v) is 7.08. The van der Waals surface area contributed by atoms with E-state index in [1.165, 1.54) is 0 Å². The minimum atomic E-state index is -0.299. The van der Waals surface area contributed by atoms with Gasteiger partial charge in [0.15, 0.2) is 0 Å². The summed E-state index contributed by atoms with van der Waals surface area (Å²) < 4.78 is 11.3. The Kier molecular flexibility index (Phi) is 6.56. The summed E-state index contributed by atoms with van der Waals surface area (Å²) >= 11 is 0. The summed E-state index contributed by atoms with van der Waals surface area (Å²) in [4.78, 5) is 11.9. The molecule has 0 spiro atoms. The fraction of sp³-hybridized carbons (Fsp3) is 0.929. The van der Waals surface area contributed by atoms with Crippen LogP contribution >= 0.6 is 0 Å². The molecule has 1 aliphatic heterocycles. The maximum atomic E-state index is 11.9. The van der Waals surface area contributed by atoms with Crippen molar-refractivity contribution in [2.24, 2.45) is 5.92 Å². The summed E-state index contributed by atoms with van der Waals surface area (Å²) in [6.45, 7) is 6.32. The van der Waals surface area contributed by atoms with E-state index >= 15 is 0 Å². The molecule has 0 aromatic rings. The summed E-state index contributed by atoms with van der Waals surface area (Å²) in [7, 11) is 0. The van der Waals surface area contributed by atoms with Gasteiger partial charge in [-0.05, 0) is 19.3 Å². The van der Waals surface area contributed by atoms with Crippen molar-refractivity contribution in [3.63, 3.8) is 0 Å². The highest BCUT2D eigenvalue weighted by atomic mass is 16.7. The van der Waals surface area contributed by atoms with Gasteiger partial charge in [0, 0.05) is 6.42 Å². The smallest absolute Gasteiger partial charge is 0.313 e. The van der Waals surface area contributed by atoms with E-state index < -0.39 is 0 Å². The summed E-state index contributed by atoms with van der Waals surface area (Å²) in [6.07, 6.45) is 6.82. The normalized spacial score (nSPS) is 29.1. The van der Waals surface area contributed by atoms with E-state index in [-0.39, 0.29) is 24.3 Å². The van der Waals surface area contributed by atoms with Gasteiger partial charge < -0.3 is 9.47 Å². The lowest BCUT2D eigenvalue weighted by Crippen LogP contribution is -2.43. The number of rotatable bonds is 7. The number of carbonyl (C=O) groups excluding carboxylic acids is 1. The Morgan fingerprint density at radius 1 is 1.06 bits per heavy atom. The Morgan fingerprint density at radius 3 is 2.29 bits per heavy atom. The molecular formula is C14H26O3. The van der Waals surface area contributed by atoms with Gasteiger partial charge in [0.25, 0.3) is 0 Å². The van der Waals surface area contributed by atoms with Crippen molar-refractivity contribution in [1.82, 2.24) is 0 Å². The van der Waals surface area contributed by atoms with Crippen LogP contribution in [0.4, 0.5) is 0 Å². The van der Waals surface area contributed by atoms with Gasteiger partial charge in [0.2, 0.25) is 6.29 Å². The standard InChI is InChI=1S/C14H26O3/c1-4-7-9-12-11(6-3)14(15)17-13(16-12)10-8-5-2/h11-13H,4-10H2,1-3H3. The highest BCUT2D eigenvalue weighted by Gasteiger charge is 2.37. The molecule has 0 bridgehead atoms. The van der Waals surface area contributed by atoms with Crippen molar-refractivity contribution in [3.8, 4) is 0 Å². The predicted octanol–water partition coefficient (Wildman–Crippen LogP) is 3.66. The van der Waals surface area contributed by atoms with E-state index in [4.69, 9.17) is 9.47 Å². The molecule has 3 nitrogen and oxygen atoms in total. The van der Waals surface area contributed by atoms with Crippen LogP contribution in [-0.2, 0) is 14.3 Å². The number of hydrogen-bond acceptors (Lipinski definition) is 3. The molecule has 3 atom stereocenters. The maximum Gasteiger partial charge on any atom is 0.313 e. The molecule has 0 saturated carbocycles. The molecule has 0 aromatic carbocycles. The Morgan fingerprint density at radius 2 is 1.71 bits per heavy atom. The molecule has 0 aliphatic carbocycles. The van der Waals surface area contributed by atoms with Crippen molar-refractivity contribution < 1.29 is 14.3 Å². The van der Waals surface area contributed by atoms with Crippen molar-refractivity contribution in [1.29, 1.82) is 0 Å². The van der Waals surface area contributed by atoms with Gasteiger partial charge in [-0.3, -0.25) is 4.79 Å². The lowest BCUT2D eigenvalue weighted by molar-refractivity contribution is -0.233. The fourth-order valence-electron chi connectivity index (χ4n) is 2.29. The molecule has 3 heteroatoms. The monoisotopic (exact) mass is 242 g/mol. The highest BCUT2D eigenvalue weighted by molar-refractivity contribution is 5.73. The quantitative estimate of drug-likeness (QED) is 0.639. The molecule has 0 aromatic heterocycles. The predicted molar refractivity (Wildman–Crippen MR) is 67.6 cm³/mol. The SMILES string of the molecule is CCCCC1OC(=O)C(CC)C(CCCC)O1. The summed E-state index contributed by atoms with van der Waals surface area (Å²) in [5, 5.41) is 0. The third kappa shape index (κ3) is 4.30. The van der Waals surface area contributed by atoms with E-state index in [1.807, 2.05) is 6.92 Å². The minimum absolute atomic E-state index is 0.0547. The molecule has 1 aliphatic rings. The third-order valence-corrected chi connectivity index (χ3v) is 3.40. The van der Waals surface area contributed by atoms with Gasteiger partial charge in [0.05, 0.1) is 12.0 Å². The van der Waals surface area contributed by atoms with Gasteiger partial charge in [-0.15, -0.1) is 0 Å². The van der Waals surface area contributed by atoms with Crippen molar-refractivity contribution in [2.75, 3.05) is 0 Å². The number of unbranched alkanes of at least 4 members (excludes halogenated alkanes) is 2. The lowest BCUT2D eigenvalue weighted by Gasteiger charge is -2.35. The van der Waals surface area contributed by atoms with Gasteiger partial charge >= 0.3 is 5.97 Å². The number of ether oxygens (including phenoxy) is 2. The van der Waals surface area contributed by atoms with E-state index in [0.717, 1.165) is 44.9 Å². The second-order valence-electron chi connectivity index (χ2n) is 4.84. The van der Waals surface area contributed by atoms with Crippen LogP contribution in [0.25, 0.3) is 0 Å².